The minimum absolute atomic E-state index is 0.198. The Labute approximate surface area is 144 Å². The molecule has 0 saturated heterocycles. The molecule has 1 heterocycles. The van der Waals surface area contributed by atoms with Crippen LogP contribution in [-0.4, -0.2) is 9.97 Å². The van der Waals surface area contributed by atoms with Gasteiger partial charge < -0.3 is 0 Å². The predicted octanol–water partition coefficient (Wildman–Crippen LogP) is 5.65. The SMILES string of the molecule is CC1(C)CCC(C)(C)c2cc3nc(-c4ccccc4)cnc3cc21. The lowest BCUT2D eigenvalue weighted by Gasteiger charge is -2.41. The predicted molar refractivity (Wildman–Crippen MR) is 100 cm³/mol. The van der Waals surface area contributed by atoms with Crippen molar-refractivity contribution in [2.75, 3.05) is 0 Å². The second-order valence-electron chi connectivity index (χ2n) is 8.28. The van der Waals surface area contributed by atoms with E-state index in [1.54, 1.807) is 0 Å². The highest BCUT2D eigenvalue weighted by Gasteiger charge is 2.37. The molecule has 0 bridgehead atoms. The Bertz CT molecular complexity index is 908. The van der Waals surface area contributed by atoms with Gasteiger partial charge in [-0.15, -0.1) is 0 Å². The number of rotatable bonds is 1. The first-order chi connectivity index (χ1) is 11.4. The lowest BCUT2D eigenvalue weighted by atomic mass is 9.63. The number of hydrogen-bond donors (Lipinski definition) is 0. The molecule has 1 aliphatic carbocycles. The van der Waals surface area contributed by atoms with E-state index >= 15 is 0 Å². The molecule has 0 unspecified atom stereocenters. The molecule has 0 fully saturated rings. The number of benzene rings is 2. The van der Waals surface area contributed by atoms with Crippen molar-refractivity contribution in [1.82, 2.24) is 9.97 Å². The molecule has 2 heteroatoms. The van der Waals surface area contributed by atoms with Crippen molar-refractivity contribution in [2.45, 2.75) is 51.4 Å². The fourth-order valence-electron chi connectivity index (χ4n) is 3.82. The van der Waals surface area contributed by atoms with Crippen molar-refractivity contribution in [3.05, 3.63) is 59.8 Å². The number of nitrogens with zero attached hydrogens (tertiary/aromatic N) is 2. The third-order valence-electron chi connectivity index (χ3n) is 5.58. The quantitative estimate of drug-likeness (QED) is 0.580. The average Bonchev–Trinajstić information content (AvgIpc) is 2.58. The summed E-state index contributed by atoms with van der Waals surface area (Å²) in [6.07, 6.45) is 4.32. The summed E-state index contributed by atoms with van der Waals surface area (Å²) in [5, 5.41) is 0. The van der Waals surface area contributed by atoms with Crippen molar-refractivity contribution in [3.63, 3.8) is 0 Å². The molecule has 0 amide bonds. The number of aromatic nitrogens is 2. The van der Waals surface area contributed by atoms with E-state index in [0.29, 0.717) is 0 Å². The van der Waals surface area contributed by atoms with E-state index in [1.807, 2.05) is 24.4 Å². The number of hydrogen-bond acceptors (Lipinski definition) is 2. The first kappa shape index (κ1) is 15.3. The van der Waals surface area contributed by atoms with Crippen LogP contribution >= 0.6 is 0 Å². The van der Waals surface area contributed by atoms with Crippen molar-refractivity contribution < 1.29 is 0 Å². The van der Waals surface area contributed by atoms with Crippen LogP contribution in [0.3, 0.4) is 0 Å². The van der Waals surface area contributed by atoms with Gasteiger partial charge in [0.2, 0.25) is 0 Å². The summed E-state index contributed by atoms with van der Waals surface area (Å²) in [5.41, 5.74) is 7.33. The monoisotopic (exact) mass is 316 g/mol. The summed E-state index contributed by atoms with van der Waals surface area (Å²) in [7, 11) is 0. The van der Waals surface area contributed by atoms with Crippen LogP contribution in [0.2, 0.25) is 0 Å². The normalized spacial score (nSPS) is 18.3. The van der Waals surface area contributed by atoms with Gasteiger partial charge in [0.1, 0.15) is 0 Å². The van der Waals surface area contributed by atoms with Crippen LogP contribution in [0.5, 0.6) is 0 Å². The van der Waals surface area contributed by atoms with E-state index in [0.717, 1.165) is 22.3 Å². The highest BCUT2D eigenvalue weighted by atomic mass is 14.8. The van der Waals surface area contributed by atoms with Crippen molar-refractivity contribution >= 4 is 11.0 Å². The average molecular weight is 316 g/mol. The molecule has 24 heavy (non-hydrogen) atoms. The molecular weight excluding hydrogens is 292 g/mol. The molecular formula is C22H24N2. The Kier molecular flexibility index (Phi) is 3.28. The molecule has 2 aromatic carbocycles. The highest BCUT2D eigenvalue weighted by Crippen LogP contribution is 2.46. The topological polar surface area (TPSA) is 25.8 Å². The third kappa shape index (κ3) is 2.41. The van der Waals surface area contributed by atoms with E-state index in [-0.39, 0.29) is 10.8 Å². The second-order valence-corrected chi connectivity index (χ2v) is 8.28. The standard InChI is InChI=1S/C22H24N2/c1-21(2)10-11-22(3,4)17-13-19-18(12-16(17)21)23-14-20(24-19)15-8-6-5-7-9-15/h5-9,12-14H,10-11H2,1-4H3. The molecule has 0 saturated carbocycles. The Hall–Kier alpha value is -2.22. The van der Waals surface area contributed by atoms with Crippen molar-refractivity contribution in [1.29, 1.82) is 0 Å². The largest absolute Gasteiger partial charge is 0.252 e. The highest BCUT2D eigenvalue weighted by molar-refractivity contribution is 5.80. The lowest BCUT2D eigenvalue weighted by molar-refractivity contribution is 0.332. The van der Waals surface area contributed by atoms with Gasteiger partial charge in [-0.05, 0) is 46.9 Å². The molecule has 1 aromatic heterocycles. The van der Waals surface area contributed by atoms with Gasteiger partial charge in [-0.3, -0.25) is 4.98 Å². The molecule has 0 spiro atoms. The maximum Gasteiger partial charge on any atom is 0.0897 e. The molecule has 1 aliphatic rings. The van der Waals surface area contributed by atoms with E-state index < -0.39 is 0 Å². The molecule has 2 nitrogen and oxygen atoms in total. The van der Waals surface area contributed by atoms with Crippen molar-refractivity contribution in [3.8, 4) is 11.3 Å². The van der Waals surface area contributed by atoms with E-state index in [2.05, 4.69) is 52.0 Å². The van der Waals surface area contributed by atoms with Gasteiger partial charge in [0.05, 0.1) is 22.9 Å². The Morgan fingerprint density at radius 2 is 1.38 bits per heavy atom. The van der Waals surface area contributed by atoms with Crippen LogP contribution in [-0.2, 0) is 10.8 Å². The summed E-state index contributed by atoms with van der Waals surface area (Å²) in [6, 6.07) is 14.8. The number of fused-ring (bicyclic) bond motifs is 2. The maximum absolute atomic E-state index is 4.90. The van der Waals surface area contributed by atoms with Crippen LogP contribution in [0.15, 0.2) is 48.7 Å². The van der Waals surface area contributed by atoms with Crippen LogP contribution in [0.4, 0.5) is 0 Å². The Morgan fingerprint density at radius 1 is 0.792 bits per heavy atom. The van der Waals surface area contributed by atoms with Crippen LogP contribution in [0.25, 0.3) is 22.3 Å². The lowest BCUT2D eigenvalue weighted by Crippen LogP contribution is -2.33. The van der Waals surface area contributed by atoms with Crippen molar-refractivity contribution in [2.24, 2.45) is 0 Å². The molecule has 4 rings (SSSR count). The second kappa shape index (κ2) is 5.14. The summed E-state index contributed by atoms with van der Waals surface area (Å²) in [6.45, 7) is 9.39. The summed E-state index contributed by atoms with van der Waals surface area (Å²) >= 11 is 0. The van der Waals surface area contributed by atoms with Crippen LogP contribution < -0.4 is 0 Å². The summed E-state index contributed by atoms with van der Waals surface area (Å²) in [5.74, 6) is 0. The van der Waals surface area contributed by atoms with Gasteiger partial charge in [0.25, 0.3) is 0 Å². The fourth-order valence-corrected chi connectivity index (χ4v) is 3.82. The minimum atomic E-state index is 0.198. The van der Waals surface area contributed by atoms with Gasteiger partial charge >= 0.3 is 0 Å². The van der Waals surface area contributed by atoms with Crippen LogP contribution in [0, 0.1) is 0 Å². The zero-order chi connectivity index (χ0) is 16.9. The molecule has 3 aromatic rings. The molecule has 0 radical (unpaired) electrons. The first-order valence-electron chi connectivity index (χ1n) is 8.74. The summed E-state index contributed by atoms with van der Waals surface area (Å²) < 4.78 is 0. The van der Waals surface area contributed by atoms with Gasteiger partial charge in [-0.25, -0.2) is 4.98 Å². The zero-order valence-electron chi connectivity index (χ0n) is 14.9. The van der Waals surface area contributed by atoms with Gasteiger partial charge in [-0.1, -0.05) is 58.0 Å². The zero-order valence-corrected chi connectivity index (χ0v) is 14.9. The van der Waals surface area contributed by atoms with Gasteiger partial charge in [0, 0.05) is 5.56 Å². The maximum atomic E-state index is 4.90. The Balaban J connectivity index is 1.94. The Morgan fingerprint density at radius 3 is 2.00 bits per heavy atom. The molecule has 0 aliphatic heterocycles. The van der Waals surface area contributed by atoms with E-state index in [1.165, 1.54) is 24.0 Å². The molecule has 0 N–H and O–H groups in total. The smallest absolute Gasteiger partial charge is 0.0897 e. The minimum Gasteiger partial charge on any atom is -0.252 e. The van der Waals surface area contributed by atoms with Crippen LogP contribution in [0.1, 0.15) is 51.7 Å². The first-order valence-corrected chi connectivity index (χ1v) is 8.74. The van der Waals surface area contributed by atoms with Gasteiger partial charge in [-0.2, -0.15) is 0 Å². The molecule has 0 atom stereocenters. The summed E-state index contributed by atoms with van der Waals surface area (Å²) in [4.78, 5) is 9.62. The fraction of sp³-hybridized carbons (Fsp3) is 0.364. The molecule has 122 valence electrons. The van der Waals surface area contributed by atoms with E-state index in [9.17, 15) is 0 Å². The van der Waals surface area contributed by atoms with E-state index in [4.69, 9.17) is 9.97 Å². The van der Waals surface area contributed by atoms with Gasteiger partial charge in [0.15, 0.2) is 0 Å². The third-order valence-corrected chi connectivity index (χ3v) is 5.58.